The summed E-state index contributed by atoms with van der Waals surface area (Å²) < 4.78 is 0. The Morgan fingerprint density at radius 3 is 2.14 bits per heavy atom. The van der Waals surface area contributed by atoms with Gasteiger partial charge in [-0.3, -0.25) is 4.79 Å². The minimum absolute atomic E-state index is 0.0203. The number of ketones is 1. The first-order valence-corrected chi connectivity index (χ1v) is 6.88. The highest BCUT2D eigenvalue weighted by molar-refractivity contribution is 6.13. The van der Waals surface area contributed by atoms with E-state index < -0.39 is 0 Å². The number of carbonyl (C=O) groups excluding carboxylic acids is 1. The van der Waals surface area contributed by atoms with Gasteiger partial charge in [0.05, 0.1) is 0 Å². The minimum atomic E-state index is -0.108. The Bertz CT molecular complexity index is 823. The number of hydrogen-bond acceptors (Lipinski definition) is 3. The average molecular weight is 290 g/mol. The maximum absolute atomic E-state index is 12.7. The lowest BCUT2D eigenvalue weighted by atomic mass is 9.93. The van der Waals surface area contributed by atoms with E-state index in [-0.39, 0.29) is 17.3 Å². The molecule has 0 atom stereocenters. The van der Waals surface area contributed by atoms with Crippen molar-refractivity contribution in [2.75, 3.05) is 0 Å². The summed E-state index contributed by atoms with van der Waals surface area (Å²) in [6.45, 7) is 0. The molecule has 0 unspecified atom stereocenters. The minimum Gasteiger partial charge on any atom is -0.508 e. The van der Waals surface area contributed by atoms with E-state index in [0.717, 1.165) is 0 Å². The van der Waals surface area contributed by atoms with Gasteiger partial charge in [-0.05, 0) is 17.7 Å². The summed E-state index contributed by atoms with van der Waals surface area (Å²) in [7, 11) is 0. The Labute approximate surface area is 128 Å². The highest BCUT2D eigenvalue weighted by atomic mass is 16.3. The molecule has 0 spiro atoms. The van der Waals surface area contributed by atoms with Crippen LogP contribution in [0.5, 0.6) is 11.5 Å². The van der Waals surface area contributed by atoms with Crippen molar-refractivity contribution in [1.82, 2.24) is 0 Å². The Balaban J connectivity index is 2.13. The number of hydrogen-bond donors (Lipinski definition) is 2. The zero-order valence-corrected chi connectivity index (χ0v) is 11.7. The standard InChI is InChI=1S/C19H14O3/c20-14-10-11-16(18(21)12-14)15-8-4-5-9-17(15)19(22)13-6-2-1-3-7-13/h1-12,20-21H. The molecule has 22 heavy (non-hydrogen) atoms. The third-order valence-electron chi connectivity index (χ3n) is 3.48. The van der Waals surface area contributed by atoms with Crippen LogP contribution in [0.1, 0.15) is 15.9 Å². The van der Waals surface area contributed by atoms with E-state index >= 15 is 0 Å². The van der Waals surface area contributed by atoms with Gasteiger partial charge in [-0.15, -0.1) is 0 Å². The van der Waals surface area contributed by atoms with Crippen molar-refractivity contribution in [3.8, 4) is 22.6 Å². The molecule has 0 heterocycles. The van der Waals surface area contributed by atoms with Crippen LogP contribution < -0.4 is 0 Å². The molecular weight excluding hydrogens is 276 g/mol. The third-order valence-corrected chi connectivity index (χ3v) is 3.48. The van der Waals surface area contributed by atoms with Gasteiger partial charge >= 0.3 is 0 Å². The van der Waals surface area contributed by atoms with Crippen LogP contribution in [0, 0.1) is 0 Å². The molecule has 0 saturated carbocycles. The van der Waals surface area contributed by atoms with Crippen LogP contribution in [-0.4, -0.2) is 16.0 Å². The van der Waals surface area contributed by atoms with Gasteiger partial charge in [-0.2, -0.15) is 0 Å². The summed E-state index contributed by atoms with van der Waals surface area (Å²) >= 11 is 0. The predicted molar refractivity (Wildman–Crippen MR) is 85.1 cm³/mol. The highest BCUT2D eigenvalue weighted by Gasteiger charge is 2.16. The molecule has 3 aromatic rings. The summed E-state index contributed by atoms with van der Waals surface area (Å²) in [5, 5.41) is 19.5. The Morgan fingerprint density at radius 1 is 0.727 bits per heavy atom. The number of aromatic hydroxyl groups is 2. The SMILES string of the molecule is O=C(c1ccccc1)c1ccccc1-c1ccc(O)cc1O. The van der Waals surface area contributed by atoms with Crippen LogP contribution in [0.15, 0.2) is 72.8 Å². The summed E-state index contributed by atoms with van der Waals surface area (Å²) in [4.78, 5) is 12.7. The zero-order valence-electron chi connectivity index (χ0n) is 11.7. The van der Waals surface area contributed by atoms with E-state index in [0.29, 0.717) is 22.3 Å². The van der Waals surface area contributed by atoms with Gasteiger partial charge < -0.3 is 10.2 Å². The van der Waals surface area contributed by atoms with Crippen LogP contribution in [0.25, 0.3) is 11.1 Å². The Hall–Kier alpha value is -3.07. The molecule has 0 amide bonds. The molecule has 3 aromatic carbocycles. The van der Waals surface area contributed by atoms with Gasteiger partial charge in [-0.1, -0.05) is 54.6 Å². The molecule has 0 radical (unpaired) electrons. The Morgan fingerprint density at radius 2 is 1.41 bits per heavy atom. The molecule has 2 N–H and O–H groups in total. The first-order chi connectivity index (χ1) is 10.7. The van der Waals surface area contributed by atoms with Crippen LogP contribution in [-0.2, 0) is 0 Å². The fourth-order valence-corrected chi connectivity index (χ4v) is 2.41. The molecule has 0 fully saturated rings. The van der Waals surface area contributed by atoms with Crippen molar-refractivity contribution < 1.29 is 15.0 Å². The van der Waals surface area contributed by atoms with E-state index in [1.54, 1.807) is 36.4 Å². The van der Waals surface area contributed by atoms with E-state index in [2.05, 4.69) is 0 Å². The molecule has 3 rings (SSSR count). The molecule has 0 bridgehead atoms. The van der Waals surface area contributed by atoms with Crippen LogP contribution >= 0.6 is 0 Å². The molecule has 0 aliphatic rings. The van der Waals surface area contributed by atoms with Gasteiger partial charge in [0.25, 0.3) is 0 Å². The normalized spacial score (nSPS) is 10.4. The zero-order chi connectivity index (χ0) is 15.5. The van der Waals surface area contributed by atoms with Gasteiger partial charge in [0.2, 0.25) is 0 Å². The number of phenolic OH excluding ortho intramolecular Hbond substituents is 2. The van der Waals surface area contributed by atoms with E-state index in [1.165, 1.54) is 12.1 Å². The molecule has 0 aliphatic heterocycles. The second-order valence-corrected chi connectivity index (χ2v) is 4.94. The topological polar surface area (TPSA) is 57.5 Å². The van der Waals surface area contributed by atoms with Gasteiger partial charge in [0, 0.05) is 22.8 Å². The number of carbonyl (C=O) groups is 1. The summed E-state index contributed by atoms with van der Waals surface area (Å²) in [6.07, 6.45) is 0. The van der Waals surface area contributed by atoms with Crippen molar-refractivity contribution in [1.29, 1.82) is 0 Å². The van der Waals surface area contributed by atoms with Crippen molar-refractivity contribution in [2.45, 2.75) is 0 Å². The second-order valence-electron chi connectivity index (χ2n) is 4.94. The quantitative estimate of drug-likeness (QED) is 0.717. The number of rotatable bonds is 3. The van der Waals surface area contributed by atoms with Crippen LogP contribution in [0.2, 0.25) is 0 Å². The molecule has 3 nitrogen and oxygen atoms in total. The number of phenols is 2. The maximum atomic E-state index is 12.7. The lowest BCUT2D eigenvalue weighted by Gasteiger charge is -2.11. The second kappa shape index (κ2) is 5.74. The molecule has 3 heteroatoms. The van der Waals surface area contributed by atoms with Crippen molar-refractivity contribution >= 4 is 5.78 Å². The molecular formula is C19H14O3. The molecule has 0 aromatic heterocycles. The van der Waals surface area contributed by atoms with Crippen molar-refractivity contribution in [3.63, 3.8) is 0 Å². The first kappa shape index (κ1) is 13.9. The third kappa shape index (κ3) is 2.56. The maximum Gasteiger partial charge on any atom is 0.193 e. The Kier molecular flexibility index (Phi) is 3.62. The lowest BCUT2D eigenvalue weighted by molar-refractivity contribution is 0.103. The summed E-state index contributed by atoms with van der Waals surface area (Å²) in [5.41, 5.74) is 2.24. The van der Waals surface area contributed by atoms with Crippen molar-refractivity contribution in [3.05, 3.63) is 83.9 Å². The fraction of sp³-hybridized carbons (Fsp3) is 0. The van der Waals surface area contributed by atoms with Crippen LogP contribution in [0.4, 0.5) is 0 Å². The molecule has 108 valence electrons. The summed E-state index contributed by atoms with van der Waals surface area (Å²) in [6, 6.07) is 20.5. The highest BCUT2D eigenvalue weighted by Crippen LogP contribution is 2.34. The fourth-order valence-electron chi connectivity index (χ4n) is 2.41. The van der Waals surface area contributed by atoms with Crippen LogP contribution in [0.3, 0.4) is 0 Å². The molecule has 0 saturated heterocycles. The van der Waals surface area contributed by atoms with E-state index in [1.807, 2.05) is 24.3 Å². The molecule has 0 aliphatic carbocycles. The monoisotopic (exact) mass is 290 g/mol. The lowest BCUT2D eigenvalue weighted by Crippen LogP contribution is -2.03. The number of benzene rings is 3. The first-order valence-electron chi connectivity index (χ1n) is 6.88. The van der Waals surface area contributed by atoms with Gasteiger partial charge in [0.1, 0.15) is 11.5 Å². The van der Waals surface area contributed by atoms with Gasteiger partial charge in [0.15, 0.2) is 5.78 Å². The van der Waals surface area contributed by atoms with Gasteiger partial charge in [-0.25, -0.2) is 0 Å². The predicted octanol–water partition coefficient (Wildman–Crippen LogP) is 4.00. The van der Waals surface area contributed by atoms with E-state index in [9.17, 15) is 15.0 Å². The summed E-state index contributed by atoms with van der Waals surface area (Å²) in [5.74, 6) is -0.190. The van der Waals surface area contributed by atoms with Crippen molar-refractivity contribution in [2.24, 2.45) is 0 Å². The largest absolute Gasteiger partial charge is 0.508 e. The van der Waals surface area contributed by atoms with E-state index in [4.69, 9.17) is 0 Å². The smallest absolute Gasteiger partial charge is 0.193 e. The average Bonchev–Trinajstić information content (AvgIpc) is 2.55.